The molecule has 204 valence electrons. The maximum Gasteiger partial charge on any atom is 0.228 e. The third-order valence-electron chi connectivity index (χ3n) is 6.95. The molecule has 7 aromatic rings. The molecule has 3 N–H and O–H groups in total. The second-order valence-corrected chi connectivity index (χ2v) is 9.74. The molecule has 7 rings (SSSR count). The number of rotatable bonds is 6. The van der Waals surface area contributed by atoms with Crippen molar-refractivity contribution in [1.29, 1.82) is 0 Å². The normalized spacial score (nSPS) is 11.3. The molecule has 0 saturated heterocycles. The zero-order chi connectivity index (χ0) is 28.6. The average Bonchev–Trinajstić information content (AvgIpc) is 3.63. The fourth-order valence-electron chi connectivity index (χ4n) is 4.98. The van der Waals surface area contributed by atoms with E-state index in [1.807, 2.05) is 30.3 Å². The molecular weight excluding hydrogens is 536 g/mol. The van der Waals surface area contributed by atoms with Crippen LogP contribution in [0.5, 0.6) is 0 Å². The highest BCUT2D eigenvalue weighted by Gasteiger charge is 2.21. The number of amides is 1. The van der Waals surface area contributed by atoms with Crippen LogP contribution in [0.1, 0.15) is 5.56 Å². The molecule has 0 aliphatic heterocycles. The van der Waals surface area contributed by atoms with Crippen LogP contribution in [0, 0.1) is 11.6 Å². The lowest BCUT2D eigenvalue weighted by molar-refractivity contribution is -0.115. The summed E-state index contributed by atoms with van der Waals surface area (Å²) in [5, 5.41) is 10.3. The fourth-order valence-corrected chi connectivity index (χ4v) is 4.98. The number of fused-ring (bicyclic) bond motifs is 2. The van der Waals surface area contributed by atoms with E-state index in [0.717, 1.165) is 5.56 Å². The molecule has 0 spiro atoms. The molecule has 0 unspecified atom stereocenters. The summed E-state index contributed by atoms with van der Waals surface area (Å²) in [5.41, 5.74) is 5.40. The number of pyridine rings is 2. The molecule has 8 nitrogen and oxygen atoms in total. The summed E-state index contributed by atoms with van der Waals surface area (Å²) < 4.78 is 29.7. The van der Waals surface area contributed by atoms with Crippen molar-refractivity contribution in [3.63, 3.8) is 0 Å². The van der Waals surface area contributed by atoms with Crippen molar-refractivity contribution in [1.82, 2.24) is 30.1 Å². The number of nitrogens with zero attached hydrogens (tertiary/aromatic N) is 4. The summed E-state index contributed by atoms with van der Waals surface area (Å²) in [5.74, 6) is -0.711. The van der Waals surface area contributed by atoms with E-state index in [-0.39, 0.29) is 23.5 Å². The third-order valence-corrected chi connectivity index (χ3v) is 6.95. The van der Waals surface area contributed by atoms with E-state index < -0.39 is 5.82 Å². The molecule has 0 fully saturated rings. The second kappa shape index (κ2) is 10.3. The van der Waals surface area contributed by atoms with Gasteiger partial charge in [0.2, 0.25) is 5.91 Å². The van der Waals surface area contributed by atoms with Gasteiger partial charge in [0, 0.05) is 29.1 Å². The molecule has 0 saturated carbocycles. The van der Waals surface area contributed by atoms with Gasteiger partial charge in [-0.15, -0.1) is 0 Å². The molecule has 42 heavy (non-hydrogen) atoms. The van der Waals surface area contributed by atoms with Crippen LogP contribution in [-0.2, 0) is 11.2 Å². The zero-order valence-corrected chi connectivity index (χ0v) is 21.9. The lowest BCUT2D eigenvalue weighted by Crippen LogP contribution is -2.14. The largest absolute Gasteiger partial charge is 0.336 e. The number of aromatic amines is 2. The van der Waals surface area contributed by atoms with Gasteiger partial charge in [-0.1, -0.05) is 30.3 Å². The molecule has 0 bridgehead atoms. The monoisotopic (exact) mass is 557 g/mol. The lowest BCUT2D eigenvalue weighted by Gasteiger charge is -2.09. The Balaban J connectivity index is 1.24. The zero-order valence-electron chi connectivity index (χ0n) is 21.9. The summed E-state index contributed by atoms with van der Waals surface area (Å²) in [7, 11) is 0. The number of nitrogens with one attached hydrogen (secondary N) is 3. The fraction of sp³-hybridized carbons (Fsp3) is 0.0312. The molecule has 10 heteroatoms. The number of halogens is 2. The summed E-state index contributed by atoms with van der Waals surface area (Å²) in [4.78, 5) is 29.2. The average molecular weight is 558 g/mol. The van der Waals surface area contributed by atoms with Crippen LogP contribution >= 0.6 is 0 Å². The molecule has 0 aliphatic carbocycles. The minimum atomic E-state index is -0.511. The highest BCUT2D eigenvalue weighted by atomic mass is 19.1. The number of H-pyrrole nitrogens is 2. The van der Waals surface area contributed by atoms with Gasteiger partial charge in [0.1, 0.15) is 22.8 Å². The molecule has 0 aliphatic rings. The third kappa shape index (κ3) is 4.64. The van der Waals surface area contributed by atoms with Crippen molar-refractivity contribution in [3.8, 4) is 33.9 Å². The standard InChI is InChI=1S/C32H21F2N7O/c33-21-8-6-19(7-9-21)29-30-25(12-13-36-29)38-32(39-30)31-27-24(40-41-31)11-10-23(28(27)34)20-15-22(17-35-16-20)37-26(42)14-18-4-2-1-3-5-18/h1-13,15-17H,14H2,(H,37,42)(H,38,39)(H,40,41). The van der Waals surface area contributed by atoms with Crippen LogP contribution in [0.4, 0.5) is 14.5 Å². The second-order valence-electron chi connectivity index (χ2n) is 9.74. The lowest BCUT2D eigenvalue weighted by atomic mass is 10.0. The number of hydrogen-bond acceptors (Lipinski definition) is 5. The Labute approximate surface area is 237 Å². The van der Waals surface area contributed by atoms with Gasteiger partial charge in [0.15, 0.2) is 5.82 Å². The first-order valence-corrected chi connectivity index (χ1v) is 13.1. The molecule has 4 heterocycles. The smallest absolute Gasteiger partial charge is 0.228 e. The quantitative estimate of drug-likeness (QED) is 0.211. The van der Waals surface area contributed by atoms with Gasteiger partial charge in [0.05, 0.1) is 40.4 Å². The minimum Gasteiger partial charge on any atom is -0.336 e. The summed E-state index contributed by atoms with van der Waals surface area (Å²) in [6, 6.07) is 22.2. The molecule has 4 aromatic heterocycles. The van der Waals surface area contributed by atoms with Gasteiger partial charge in [0.25, 0.3) is 0 Å². The molecule has 0 radical (unpaired) electrons. The van der Waals surface area contributed by atoms with Crippen molar-refractivity contribution >= 4 is 33.5 Å². The Hall–Kier alpha value is -5.77. The molecule has 0 atom stereocenters. The van der Waals surface area contributed by atoms with Gasteiger partial charge in [-0.2, -0.15) is 5.10 Å². The molecule has 3 aromatic carbocycles. The number of carbonyl (C=O) groups excluding carboxylic acids is 1. The van der Waals surface area contributed by atoms with Crippen LogP contribution in [-0.4, -0.2) is 36.0 Å². The van der Waals surface area contributed by atoms with E-state index in [1.165, 1.54) is 18.3 Å². The topological polar surface area (TPSA) is 112 Å². The first kappa shape index (κ1) is 25.2. The van der Waals surface area contributed by atoms with Crippen LogP contribution in [0.3, 0.4) is 0 Å². The van der Waals surface area contributed by atoms with Crippen molar-refractivity contribution in [2.24, 2.45) is 0 Å². The van der Waals surface area contributed by atoms with Gasteiger partial charge >= 0.3 is 0 Å². The maximum absolute atomic E-state index is 16.2. The van der Waals surface area contributed by atoms with Crippen molar-refractivity contribution in [3.05, 3.63) is 115 Å². The first-order valence-electron chi connectivity index (χ1n) is 13.1. The highest BCUT2D eigenvalue weighted by molar-refractivity contribution is 5.98. The number of imidazole rings is 1. The van der Waals surface area contributed by atoms with E-state index in [1.54, 1.807) is 48.8 Å². The number of anilines is 1. The summed E-state index contributed by atoms with van der Waals surface area (Å²) in [6.07, 6.45) is 4.90. The van der Waals surface area contributed by atoms with Crippen molar-refractivity contribution < 1.29 is 13.6 Å². The van der Waals surface area contributed by atoms with Gasteiger partial charge in [-0.05, 0) is 54.1 Å². The Kier molecular flexibility index (Phi) is 6.20. The van der Waals surface area contributed by atoms with E-state index >= 15 is 4.39 Å². The van der Waals surface area contributed by atoms with Gasteiger partial charge in [-0.25, -0.2) is 13.8 Å². The Bertz CT molecular complexity index is 2090. The van der Waals surface area contributed by atoms with Crippen molar-refractivity contribution in [2.75, 3.05) is 5.32 Å². The SMILES string of the molecule is O=C(Cc1ccccc1)Nc1cncc(-c2ccc3[nH]nc(-c4nc5c(-c6ccc(F)cc6)nccc5[nH]4)c3c2F)c1. The first-order chi connectivity index (χ1) is 20.5. The van der Waals surface area contributed by atoms with Crippen molar-refractivity contribution in [2.45, 2.75) is 6.42 Å². The Morgan fingerprint density at radius 3 is 2.52 bits per heavy atom. The number of aromatic nitrogens is 6. The highest BCUT2D eigenvalue weighted by Crippen LogP contribution is 2.35. The van der Waals surface area contributed by atoms with Gasteiger partial charge in [-0.3, -0.25) is 19.9 Å². The molecule has 1 amide bonds. The summed E-state index contributed by atoms with van der Waals surface area (Å²) in [6.45, 7) is 0. The van der Waals surface area contributed by atoms with E-state index in [0.29, 0.717) is 56.1 Å². The Morgan fingerprint density at radius 1 is 0.857 bits per heavy atom. The van der Waals surface area contributed by atoms with Crippen LogP contribution in [0.25, 0.3) is 55.8 Å². The van der Waals surface area contributed by atoms with Crippen LogP contribution in [0.15, 0.2) is 97.5 Å². The van der Waals surface area contributed by atoms with Crippen LogP contribution in [0.2, 0.25) is 0 Å². The Morgan fingerprint density at radius 2 is 1.69 bits per heavy atom. The predicted molar refractivity (Wildman–Crippen MR) is 156 cm³/mol. The van der Waals surface area contributed by atoms with Crippen LogP contribution < -0.4 is 5.32 Å². The van der Waals surface area contributed by atoms with E-state index in [4.69, 9.17) is 4.98 Å². The minimum absolute atomic E-state index is 0.201. The predicted octanol–water partition coefficient (Wildman–Crippen LogP) is 6.69. The maximum atomic E-state index is 16.2. The number of carbonyl (C=O) groups is 1. The summed E-state index contributed by atoms with van der Waals surface area (Å²) >= 11 is 0. The number of benzene rings is 3. The van der Waals surface area contributed by atoms with Gasteiger partial charge < -0.3 is 10.3 Å². The van der Waals surface area contributed by atoms with E-state index in [2.05, 4.69) is 30.5 Å². The molecular formula is C32H21F2N7O. The van der Waals surface area contributed by atoms with E-state index in [9.17, 15) is 9.18 Å². The number of hydrogen-bond donors (Lipinski definition) is 3.